The summed E-state index contributed by atoms with van der Waals surface area (Å²) in [6.07, 6.45) is 3.76. The van der Waals surface area contributed by atoms with Crippen molar-refractivity contribution in [2.24, 2.45) is 11.7 Å². The predicted molar refractivity (Wildman–Crippen MR) is 77.7 cm³/mol. The van der Waals surface area contributed by atoms with Gasteiger partial charge in [-0.25, -0.2) is 0 Å². The van der Waals surface area contributed by atoms with Crippen LogP contribution in [0.15, 0.2) is 24.3 Å². The topological polar surface area (TPSA) is 29.3 Å². The smallest absolute Gasteiger partial charge is 0.0409 e. The third-order valence-corrected chi connectivity index (χ3v) is 3.84. The van der Waals surface area contributed by atoms with E-state index in [4.69, 9.17) is 17.3 Å². The van der Waals surface area contributed by atoms with Crippen molar-refractivity contribution in [3.63, 3.8) is 0 Å². The first kappa shape index (κ1) is 13.9. The number of hydrogen-bond donors (Lipinski definition) is 1. The zero-order valence-corrected chi connectivity index (χ0v) is 11.9. The van der Waals surface area contributed by atoms with Crippen molar-refractivity contribution in [1.29, 1.82) is 0 Å². The minimum Gasteiger partial charge on any atom is -0.328 e. The van der Waals surface area contributed by atoms with Gasteiger partial charge in [-0.15, -0.1) is 0 Å². The first-order valence-corrected chi connectivity index (χ1v) is 7.23. The van der Waals surface area contributed by atoms with Gasteiger partial charge in [-0.1, -0.05) is 23.7 Å². The van der Waals surface area contributed by atoms with Crippen LogP contribution in [0.4, 0.5) is 0 Å². The van der Waals surface area contributed by atoms with Crippen LogP contribution in [0.25, 0.3) is 0 Å². The quantitative estimate of drug-likeness (QED) is 0.906. The van der Waals surface area contributed by atoms with E-state index in [1.807, 2.05) is 12.1 Å². The number of hydrogen-bond acceptors (Lipinski definition) is 2. The molecule has 0 aliphatic carbocycles. The van der Waals surface area contributed by atoms with E-state index < -0.39 is 0 Å². The summed E-state index contributed by atoms with van der Waals surface area (Å²) >= 11 is 6.03. The molecule has 18 heavy (non-hydrogen) atoms. The summed E-state index contributed by atoms with van der Waals surface area (Å²) in [5.41, 5.74) is 7.21. The van der Waals surface area contributed by atoms with Crippen LogP contribution < -0.4 is 5.73 Å². The molecule has 1 aromatic rings. The maximum Gasteiger partial charge on any atom is 0.0409 e. The number of piperidine rings is 1. The fourth-order valence-corrected chi connectivity index (χ4v) is 3.12. The van der Waals surface area contributed by atoms with Crippen molar-refractivity contribution in [3.8, 4) is 0 Å². The van der Waals surface area contributed by atoms with Crippen LogP contribution in [0.1, 0.15) is 31.7 Å². The molecule has 100 valence electrons. The summed E-state index contributed by atoms with van der Waals surface area (Å²) in [6.45, 7) is 5.49. The molecule has 1 aromatic carbocycles. The Morgan fingerprint density at radius 2 is 2.33 bits per heavy atom. The lowest BCUT2D eigenvalue weighted by Crippen LogP contribution is -2.37. The van der Waals surface area contributed by atoms with Crippen LogP contribution in [0, 0.1) is 5.92 Å². The minimum atomic E-state index is 0.320. The summed E-state index contributed by atoms with van der Waals surface area (Å²) in [5, 5.41) is 0.830. The molecule has 2 unspecified atom stereocenters. The van der Waals surface area contributed by atoms with Crippen LogP contribution in [-0.4, -0.2) is 24.0 Å². The van der Waals surface area contributed by atoms with E-state index in [1.165, 1.54) is 31.5 Å². The van der Waals surface area contributed by atoms with Crippen molar-refractivity contribution >= 4 is 11.6 Å². The maximum absolute atomic E-state index is 6.03. The summed E-state index contributed by atoms with van der Waals surface area (Å²) in [7, 11) is 0. The first-order chi connectivity index (χ1) is 8.63. The minimum absolute atomic E-state index is 0.320. The van der Waals surface area contributed by atoms with Gasteiger partial charge in [0.1, 0.15) is 0 Å². The van der Waals surface area contributed by atoms with E-state index in [0.717, 1.165) is 23.9 Å². The lowest BCUT2D eigenvalue weighted by molar-refractivity contribution is 0.158. The fourth-order valence-electron chi connectivity index (χ4n) is 2.91. The SMILES string of the molecule is CC(N)CC1CCCN(Cc2cccc(Cl)c2)C1. The van der Waals surface area contributed by atoms with Crippen LogP contribution in [-0.2, 0) is 6.54 Å². The van der Waals surface area contributed by atoms with E-state index in [-0.39, 0.29) is 0 Å². The van der Waals surface area contributed by atoms with Crippen LogP contribution in [0.5, 0.6) is 0 Å². The van der Waals surface area contributed by atoms with Crippen LogP contribution in [0.2, 0.25) is 5.02 Å². The number of nitrogens with zero attached hydrogens (tertiary/aromatic N) is 1. The molecular weight excluding hydrogens is 244 g/mol. The molecule has 2 nitrogen and oxygen atoms in total. The molecule has 0 spiro atoms. The Labute approximate surface area is 115 Å². The van der Waals surface area contributed by atoms with E-state index in [9.17, 15) is 0 Å². The predicted octanol–water partition coefficient (Wildman–Crippen LogP) is 3.29. The Balaban J connectivity index is 1.89. The van der Waals surface area contributed by atoms with Gasteiger partial charge in [-0.3, -0.25) is 4.90 Å². The average Bonchev–Trinajstić information content (AvgIpc) is 2.28. The molecule has 0 amide bonds. The highest BCUT2D eigenvalue weighted by Gasteiger charge is 2.20. The summed E-state index contributed by atoms with van der Waals surface area (Å²) in [6, 6.07) is 8.50. The zero-order valence-electron chi connectivity index (χ0n) is 11.1. The molecule has 2 rings (SSSR count). The number of benzene rings is 1. The highest BCUT2D eigenvalue weighted by atomic mass is 35.5. The van der Waals surface area contributed by atoms with Gasteiger partial charge in [-0.2, -0.15) is 0 Å². The fraction of sp³-hybridized carbons (Fsp3) is 0.600. The molecule has 0 aromatic heterocycles. The first-order valence-electron chi connectivity index (χ1n) is 6.86. The Morgan fingerprint density at radius 1 is 1.50 bits per heavy atom. The van der Waals surface area contributed by atoms with Gasteiger partial charge in [-0.05, 0) is 56.3 Å². The van der Waals surface area contributed by atoms with Gasteiger partial charge >= 0.3 is 0 Å². The van der Waals surface area contributed by atoms with Gasteiger partial charge < -0.3 is 5.73 Å². The molecule has 1 saturated heterocycles. The highest BCUT2D eigenvalue weighted by molar-refractivity contribution is 6.30. The number of likely N-dealkylation sites (tertiary alicyclic amines) is 1. The molecule has 2 atom stereocenters. The van der Waals surface area contributed by atoms with E-state index in [1.54, 1.807) is 0 Å². The Bertz CT molecular complexity index is 379. The van der Waals surface area contributed by atoms with E-state index in [2.05, 4.69) is 24.0 Å². The van der Waals surface area contributed by atoms with Gasteiger partial charge in [0.05, 0.1) is 0 Å². The van der Waals surface area contributed by atoms with Crippen LogP contribution in [0.3, 0.4) is 0 Å². The van der Waals surface area contributed by atoms with Gasteiger partial charge in [0, 0.05) is 24.2 Å². The summed E-state index contributed by atoms with van der Waals surface area (Å²) in [4.78, 5) is 2.53. The Kier molecular flexibility index (Phi) is 5.04. The largest absolute Gasteiger partial charge is 0.328 e. The van der Waals surface area contributed by atoms with Crippen molar-refractivity contribution in [2.45, 2.75) is 38.8 Å². The number of nitrogens with two attached hydrogens (primary N) is 1. The molecule has 2 N–H and O–H groups in total. The lowest BCUT2D eigenvalue weighted by atomic mass is 9.92. The molecule has 1 aliphatic rings. The van der Waals surface area contributed by atoms with Crippen molar-refractivity contribution in [3.05, 3.63) is 34.9 Å². The lowest BCUT2D eigenvalue weighted by Gasteiger charge is -2.33. The molecule has 0 radical (unpaired) electrons. The Morgan fingerprint density at radius 3 is 3.06 bits per heavy atom. The molecule has 1 fully saturated rings. The normalized spacial score (nSPS) is 22.9. The van der Waals surface area contributed by atoms with Crippen molar-refractivity contribution in [1.82, 2.24) is 4.90 Å². The molecule has 0 saturated carbocycles. The molecule has 0 bridgehead atoms. The third kappa shape index (κ3) is 4.27. The number of rotatable bonds is 4. The molecule has 3 heteroatoms. The third-order valence-electron chi connectivity index (χ3n) is 3.60. The van der Waals surface area contributed by atoms with E-state index >= 15 is 0 Å². The standard InChI is InChI=1S/C15H23ClN2/c1-12(17)8-13-5-3-7-18(10-13)11-14-4-2-6-15(16)9-14/h2,4,6,9,12-13H,3,5,7-8,10-11,17H2,1H3. The monoisotopic (exact) mass is 266 g/mol. The maximum atomic E-state index is 6.03. The van der Waals surface area contributed by atoms with Gasteiger partial charge in [0.2, 0.25) is 0 Å². The van der Waals surface area contributed by atoms with Crippen LogP contribution >= 0.6 is 11.6 Å². The zero-order chi connectivity index (χ0) is 13.0. The highest BCUT2D eigenvalue weighted by Crippen LogP contribution is 2.22. The van der Waals surface area contributed by atoms with Gasteiger partial charge in [0.15, 0.2) is 0 Å². The average molecular weight is 267 g/mol. The number of halogens is 1. The van der Waals surface area contributed by atoms with Gasteiger partial charge in [0.25, 0.3) is 0 Å². The second-order valence-electron chi connectivity index (χ2n) is 5.59. The molecule has 1 aliphatic heterocycles. The summed E-state index contributed by atoms with van der Waals surface area (Å²) in [5.74, 6) is 0.762. The molecular formula is C15H23ClN2. The van der Waals surface area contributed by atoms with Crippen molar-refractivity contribution < 1.29 is 0 Å². The second kappa shape index (κ2) is 6.55. The summed E-state index contributed by atoms with van der Waals surface area (Å²) < 4.78 is 0. The molecule has 1 heterocycles. The van der Waals surface area contributed by atoms with E-state index in [0.29, 0.717) is 6.04 Å². The van der Waals surface area contributed by atoms with Crippen molar-refractivity contribution in [2.75, 3.05) is 13.1 Å². The second-order valence-corrected chi connectivity index (χ2v) is 6.02. The Hall–Kier alpha value is -0.570.